The lowest BCUT2D eigenvalue weighted by Crippen LogP contribution is -2.53. The van der Waals surface area contributed by atoms with Crippen molar-refractivity contribution in [1.29, 1.82) is 0 Å². The van der Waals surface area contributed by atoms with Gasteiger partial charge in [-0.15, -0.1) is 11.3 Å². The predicted octanol–water partition coefficient (Wildman–Crippen LogP) is 0.966. The summed E-state index contributed by atoms with van der Waals surface area (Å²) in [6.45, 7) is 6.01. The van der Waals surface area contributed by atoms with E-state index in [1.54, 1.807) is 25.5 Å². The SMILES string of the molecule is CN=C(NCC(=O)NCCOC)N1CCN(Cc2ccc(Br)s2)CC1. The average Bonchev–Trinajstić information content (AvgIpc) is 3.02. The molecule has 0 atom stereocenters. The number of amides is 1. The summed E-state index contributed by atoms with van der Waals surface area (Å²) in [7, 11) is 3.36. The van der Waals surface area contributed by atoms with Crippen molar-refractivity contribution in [1.82, 2.24) is 20.4 Å². The summed E-state index contributed by atoms with van der Waals surface area (Å²) < 4.78 is 6.09. The molecule has 1 aromatic rings. The van der Waals surface area contributed by atoms with Crippen LogP contribution in [0.25, 0.3) is 0 Å². The maximum atomic E-state index is 11.8. The number of nitrogens with zero attached hydrogens (tertiary/aromatic N) is 3. The van der Waals surface area contributed by atoms with E-state index in [9.17, 15) is 4.79 Å². The molecule has 2 rings (SSSR count). The number of aliphatic imine (C=N–C) groups is 1. The Morgan fingerprint density at radius 2 is 2.08 bits per heavy atom. The first kappa shape index (κ1) is 20.2. The molecule has 0 bridgehead atoms. The molecule has 140 valence electrons. The Balaban J connectivity index is 1.71. The van der Waals surface area contributed by atoms with E-state index in [0.29, 0.717) is 13.2 Å². The normalized spacial score (nSPS) is 16.1. The first-order valence-electron chi connectivity index (χ1n) is 8.30. The van der Waals surface area contributed by atoms with Gasteiger partial charge in [0.1, 0.15) is 0 Å². The molecule has 0 spiro atoms. The van der Waals surface area contributed by atoms with E-state index >= 15 is 0 Å². The van der Waals surface area contributed by atoms with Gasteiger partial charge in [0, 0.05) is 58.3 Å². The number of carbonyl (C=O) groups is 1. The lowest BCUT2D eigenvalue weighted by atomic mass is 10.3. The Bertz CT molecular complexity index is 573. The molecule has 1 amide bonds. The highest BCUT2D eigenvalue weighted by atomic mass is 79.9. The zero-order valence-corrected chi connectivity index (χ0v) is 17.2. The van der Waals surface area contributed by atoms with Crippen LogP contribution in [0.4, 0.5) is 0 Å². The standard InChI is InChI=1S/C16H26BrN5O2S/c1-18-16(20-11-15(23)19-5-10-24-2)22-8-6-21(7-9-22)12-13-3-4-14(17)25-13/h3-4H,5-12H2,1-2H3,(H,18,20)(H,19,23). The van der Waals surface area contributed by atoms with Crippen LogP contribution in [-0.4, -0.2) is 81.7 Å². The number of halogens is 1. The number of carbonyl (C=O) groups excluding carboxylic acids is 1. The molecule has 1 fully saturated rings. The van der Waals surface area contributed by atoms with Crippen LogP contribution < -0.4 is 10.6 Å². The number of guanidine groups is 1. The summed E-state index contributed by atoms with van der Waals surface area (Å²) in [4.78, 5) is 22.1. The maximum absolute atomic E-state index is 11.8. The maximum Gasteiger partial charge on any atom is 0.239 e. The third kappa shape index (κ3) is 6.93. The Labute approximate surface area is 161 Å². The van der Waals surface area contributed by atoms with Crippen molar-refractivity contribution in [2.75, 3.05) is 60.0 Å². The minimum absolute atomic E-state index is 0.0555. The number of hydrogen-bond acceptors (Lipinski definition) is 5. The van der Waals surface area contributed by atoms with Crippen LogP contribution in [0.2, 0.25) is 0 Å². The average molecular weight is 432 g/mol. The van der Waals surface area contributed by atoms with E-state index in [2.05, 4.69) is 53.5 Å². The van der Waals surface area contributed by atoms with Gasteiger partial charge in [0.05, 0.1) is 16.9 Å². The summed E-state index contributed by atoms with van der Waals surface area (Å²) in [5, 5.41) is 5.93. The highest BCUT2D eigenvalue weighted by Gasteiger charge is 2.20. The second kappa shape index (κ2) is 10.7. The molecule has 0 radical (unpaired) electrons. The van der Waals surface area contributed by atoms with E-state index in [4.69, 9.17) is 4.74 Å². The first-order chi connectivity index (χ1) is 12.1. The summed E-state index contributed by atoms with van der Waals surface area (Å²) in [6.07, 6.45) is 0. The lowest BCUT2D eigenvalue weighted by Gasteiger charge is -2.36. The number of ether oxygens (including phenoxy) is 1. The van der Waals surface area contributed by atoms with E-state index in [1.807, 2.05) is 0 Å². The van der Waals surface area contributed by atoms with Crippen molar-refractivity contribution in [2.24, 2.45) is 4.99 Å². The van der Waals surface area contributed by atoms with Crippen LogP contribution >= 0.6 is 27.3 Å². The second-order valence-electron chi connectivity index (χ2n) is 5.71. The second-order valence-corrected chi connectivity index (χ2v) is 8.26. The molecule has 0 unspecified atom stereocenters. The van der Waals surface area contributed by atoms with E-state index in [1.165, 1.54) is 8.66 Å². The monoisotopic (exact) mass is 431 g/mol. The van der Waals surface area contributed by atoms with Gasteiger partial charge in [-0.3, -0.25) is 14.7 Å². The van der Waals surface area contributed by atoms with E-state index in [0.717, 1.165) is 38.7 Å². The quantitative estimate of drug-likeness (QED) is 0.382. The molecule has 1 aliphatic heterocycles. The summed E-state index contributed by atoms with van der Waals surface area (Å²) in [6, 6.07) is 4.27. The van der Waals surface area contributed by atoms with Crippen molar-refractivity contribution < 1.29 is 9.53 Å². The molecule has 2 N–H and O–H groups in total. The van der Waals surface area contributed by atoms with Crippen molar-refractivity contribution in [3.8, 4) is 0 Å². The third-order valence-corrected chi connectivity index (χ3v) is 5.54. The molecule has 1 aliphatic rings. The van der Waals surface area contributed by atoms with Gasteiger partial charge in [-0.05, 0) is 28.1 Å². The molecule has 2 heterocycles. The predicted molar refractivity (Wildman–Crippen MR) is 105 cm³/mol. The van der Waals surface area contributed by atoms with Gasteiger partial charge in [0.15, 0.2) is 5.96 Å². The zero-order chi connectivity index (χ0) is 18.1. The molecule has 0 saturated carbocycles. The van der Waals surface area contributed by atoms with Gasteiger partial charge in [-0.2, -0.15) is 0 Å². The summed E-state index contributed by atoms with van der Waals surface area (Å²) >= 11 is 5.30. The van der Waals surface area contributed by atoms with Crippen LogP contribution in [0.1, 0.15) is 4.88 Å². The van der Waals surface area contributed by atoms with E-state index < -0.39 is 0 Å². The molecule has 1 aromatic heterocycles. The molecule has 7 nitrogen and oxygen atoms in total. The van der Waals surface area contributed by atoms with Crippen LogP contribution in [-0.2, 0) is 16.1 Å². The van der Waals surface area contributed by atoms with Crippen molar-refractivity contribution >= 4 is 39.1 Å². The molecule has 25 heavy (non-hydrogen) atoms. The first-order valence-corrected chi connectivity index (χ1v) is 9.91. The fourth-order valence-corrected chi connectivity index (χ4v) is 4.15. The zero-order valence-electron chi connectivity index (χ0n) is 14.8. The summed E-state index contributed by atoms with van der Waals surface area (Å²) in [5.74, 6) is 0.723. The molecular formula is C16H26BrN5O2S. The Morgan fingerprint density at radius 1 is 1.32 bits per heavy atom. The minimum atomic E-state index is -0.0555. The van der Waals surface area contributed by atoms with Gasteiger partial charge in [-0.1, -0.05) is 0 Å². The van der Waals surface area contributed by atoms with Crippen LogP contribution in [0, 0.1) is 0 Å². The van der Waals surface area contributed by atoms with Crippen molar-refractivity contribution in [3.63, 3.8) is 0 Å². The van der Waals surface area contributed by atoms with Gasteiger partial charge >= 0.3 is 0 Å². The molecule has 9 heteroatoms. The Morgan fingerprint density at radius 3 is 2.68 bits per heavy atom. The van der Waals surface area contributed by atoms with Crippen molar-refractivity contribution in [3.05, 3.63) is 20.8 Å². The number of thiophene rings is 1. The van der Waals surface area contributed by atoms with Crippen LogP contribution in [0.5, 0.6) is 0 Å². The Kier molecular flexibility index (Phi) is 8.66. The van der Waals surface area contributed by atoms with Crippen molar-refractivity contribution in [2.45, 2.75) is 6.54 Å². The number of methoxy groups -OCH3 is 1. The largest absolute Gasteiger partial charge is 0.383 e. The smallest absolute Gasteiger partial charge is 0.239 e. The fraction of sp³-hybridized carbons (Fsp3) is 0.625. The third-order valence-electron chi connectivity index (χ3n) is 3.93. The highest BCUT2D eigenvalue weighted by Crippen LogP contribution is 2.23. The van der Waals surface area contributed by atoms with Gasteiger partial charge in [-0.25, -0.2) is 0 Å². The Hall–Kier alpha value is -1.16. The summed E-state index contributed by atoms with van der Waals surface area (Å²) in [5.41, 5.74) is 0. The highest BCUT2D eigenvalue weighted by molar-refractivity contribution is 9.11. The topological polar surface area (TPSA) is 69.2 Å². The van der Waals surface area contributed by atoms with Gasteiger partial charge in [0.25, 0.3) is 0 Å². The molecule has 0 aliphatic carbocycles. The van der Waals surface area contributed by atoms with Crippen LogP contribution in [0.15, 0.2) is 20.9 Å². The molecule has 0 aromatic carbocycles. The number of rotatable bonds is 7. The van der Waals surface area contributed by atoms with Gasteiger partial charge in [0.2, 0.25) is 5.91 Å². The lowest BCUT2D eigenvalue weighted by molar-refractivity contribution is -0.120. The minimum Gasteiger partial charge on any atom is -0.383 e. The fourth-order valence-electron chi connectivity index (χ4n) is 2.62. The van der Waals surface area contributed by atoms with Crippen LogP contribution in [0.3, 0.4) is 0 Å². The molecule has 1 saturated heterocycles. The van der Waals surface area contributed by atoms with Gasteiger partial charge < -0.3 is 20.3 Å². The number of piperazine rings is 1. The number of hydrogen-bond donors (Lipinski definition) is 2. The van der Waals surface area contributed by atoms with E-state index in [-0.39, 0.29) is 12.5 Å². The number of nitrogens with one attached hydrogen (secondary N) is 2. The molecular weight excluding hydrogens is 406 g/mol.